The lowest BCUT2D eigenvalue weighted by atomic mass is 9.74. The average Bonchev–Trinajstić information content (AvgIpc) is 2.60. The van der Waals surface area contributed by atoms with E-state index in [-0.39, 0.29) is 29.6 Å². The Labute approximate surface area is 165 Å². The third kappa shape index (κ3) is 5.19. The Hall–Kier alpha value is -0.620. The predicted molar refractivity (Wildman–Crippen MR) is 106 cm³/mol. The first-order chi connectivity index (χ1) is 11.6. The SMILES string of the molecule is C[C@H]1C[C@@H](C(=O)NCC2(c3cccc(Br)c3)CCOCC2)CCN1.Cl. The Kier molecular flexibility index (Phi) is 7.74. The molecule has 0 spiro atoms. The maximum Gasteiger partial charge on any atom is 0.223 e. The summed E-state index contributed by atoms with van der Waals surface area (Å²) in [5.41, 5.74) is 1.27. The summed E-state index contributed by atoms with van der Waals surface area (Å²) in [6, 6.07) is 8.91. The van der Waals surface area contributed by atoms with Crippen LogP contribution in [0.3, 0.4) is 0 Å². The van der Waals surface area contributed by atoms with Crippen LogP contribution in [0, 0.1) is 5.92 Å². The zero-order valence-electron chi connectivity index (χ0n) is 14.7. The number of amides is 1. The molecule has 0 unspecified atom stereocenters. The fraction of sp³-hybridized carbons (Fsp3) is 0.632. The van der Waals surface area contributed by atoms with Crippen molar-refractivity contribution in [1.82, 2.24) is 10.6 Å². The summed E-state index contributed by atoms with van der Waals surface area (Å²) in [4.78, 5) is 12.6. The van der Waals surface area contributed by atoms with Crippen molar-refractivity contribution in [2.45, 2.75) is 44.1 Å². The van der Waals surface area contributed by atoms with Crippen LogP contribution in [0.1, 0.15) is 38.2 Å². The van der Waals surface area contributed by atoms with Crippen molar-refractivity contribution in [2.75, 3.05) is 26.3 Å². The highest BCUT2D eigenvalue weighted by molar-refractivity contribution is 9.10. The summed E-state index contributed by atoms with van der Waals surface area (Å²) in [5.74, 6) is 0.352. The van der Waals surface area contributed by atoms with Gasteiger partial charge in [0.1, 0.15) is 0 Å². The second-order valence-corrected chi connectivity index (χ2v) is 8.11. The van der Waals surface area contributed by atoms with Crippen molar-refractivity contribution >= 4 is 34.2 Å². The van der Waals surface area contributed by atoms with E-state index in [1.165, 1.54) is 5.56 Å². The van der Waals surface area contributed by atoms with Gasteiger partial charge in [-0.2, -0.15) is 0 Å². The lowest BCUT2D eigenvalue weighted by molar-refractivity contribution is -0.126. The van der Waals surface area contributed by atoms with Crippen LogP contribution in [0.4, 0.5) is 0 Å². The standard InChI is InChI=1S/C19H27BrN2O2.ClH/c1-14-11-15(5-8-21-14)18(23)22-13-19(6-9-24-10-7-19)16-3-2-4-17(20)12-16;/h2-4,12,14-15,21H,5-11,13H2,1H3,(H,22,23);1H/t14-,15-;/m0./s1. The molecule has 2 fully saturated rings. The molecule has 140 valence electrons. The Morgan fingerprint density at radius 1 is 1.40 bits per heavy atom. The van der Waals surface area contributed by atoms with Crippen LogP contribution in [0.5, 0.6) is 0 Å². The van der Waals surface area contributed by atoms with Gasteiger partial charge in [0.2, 0.25) is 5.91 Å². The van der Waals surface area contributed by atoms with Crippen LogP contribution in [0.25, 0.3) is 0 Å². The molecule has 2 N–H and O–H groups in total. The van der Waals surface area contributed by atoms with Crippen LogP contribution < -0.4 is 10.6 Å². The van der Waals surface area contributed by atoms with E-state index < -0.39 is 0 Å². The van der Waals surface area contributed by atoms with Crippen LogP contribution in [-0.4, -0.2) is 38.3 Å². The van der Waals surface area contributed by atoms with Crippen LogP contribution in [-0.2, 0) is 14.9 Å². The molecule has 0 aromatic heterocycles. The number of ether oxygens (including phenoxy) is 1. The van der Waals surface area contributed by atoms with Gasteiger partial charge in [0, 0.05) is 41.6 Å². The molecule has 2 saturated heterocycles. The van der Waals surface area contributed by atoms with Gasteiger partial charge in [0.15, 0.2) is 0 Å². The van der Waals surface area contributed by atoms with E-state index in [1.54, 1.807) is 0 Å². The molecule has 6 heteroatoms. The molecule has 2 aliphatic rings. The average molecular weight is 432 g/mol. The van der Waals surface area contributed by atoms with Gasteiger partial charge in [0.05, 0.1) is 0 Å². The number of benzene rings is 1. The molecule has 0 radical (unpaired) electrons. The highest BCUT2D eigenvalue weighted by Gasteiger charge is 2.36. The summed E-state index contributed by atoms with van der Waals surface area (Å²) >= 11 is 3.58. The molecular weight excluding hydrogens is 404 g/mol. The number of hydrogen-bond donors (Lipinski definition) is 2. The summed E-state index contributed by atoms with van der Waals surface area (Å²) in [6.07, 6.45) is 3.76. The van der Waals surface area contributed by atoms with E-state index in [1.807, 2.05) is 6.07 Å². The third-order valence-corrected chi connectivity index (χ3v) is 5.98. The van der Waals surface area contributed by atoms with Crippen molar-refractivity contribution in [1.29, 1.82) is 0 Å². The van der Waals surface area contributed by atoms with Gasteiger partial charge in [-0.15, -0.1) is 12.4 Å². The monoisotopic (exact) mass is 430 g/mol. The Bertz CT molecular complexity index is 578. The number of carbonyl (C=O) groups is 1. The number of hydrogen-bond acceptors (Lipinski definition) is 3. The summed E-state index contributed by atoms with van der Waals surface area (Å²) in [6.45, 7) is 5.30. The van der Waals surface area contributed by atoms with Gasteiger partial charge >= 0.3 is 0 Å². The van der Waals surface area contributed by atoms with Crippen LogP contribution >= 0.6 is 28.3 Å². The maximum atomic E-state index is 12.6. The van der Waals surface area contributed by atoms with E-state index in [4.69, 9.17) is 4.74 Å². The van der Waals surface area contributed by atoms with E-state index in [0.29, 0.717) is 12.6 Å². The first-order valence-electron chi connectivity index (χ1n) is 8.94. The van der Waals surface area contributed by atoms with E-state index in [2.05, 4.69) is 51.7 Å². The summed E-state index contributed by atoms with van der Waals surface area (Å²) < 4.78 is 6.67. The van der Waals surface area contributed by atoms with Gasteiger partial charge in [-0.3, -0.25) is 4.79 Å². The van der Waals surface area contributed by atoms with Gasteiger partial charge in [-0.25, -0.2) is 0 Å². The highest BCUT2D eigenvalue weighted by atomic mass is 79.9. The zero-order chi connectivity index (χ0) is 17.0. The quantitative estimate of drug-likeness (QED) is 0.768. The molecule has 25 heavy (non-hydrogen) atoms. The summed E-state index contributed by atoms with van der Waals surface area (Å²) in [7, 11) is 0. The molecule has 2 heterocycles. The maximum absolute atomic E-state index is 12.6. The second kappa shape index (κ2) is 9.36. The van der Waals surface area contributed by atoms with Gasteiger partial charge in [0.25, 0.3) is 0 Å². The highest BCUT2D eigenvalue weighted by Crippen LogP contribution is 2.35. The van der Waals surface area contributed by atoms with E-state index in [9.17, 15) is 4.79 Å². The minimum atomic E-state index is -0.0176. The smallest absolute Gasteiger partial charge is 0.223 e. The Morgan fingerprint density at radius 2 is 2.16 bits per heavy atom. The fourth-order valence-corrected chi connectivity index (χ4v) is 4.32. The molecule has 2 atom stereocenters. The van der Waals surface area contributed by atoms with Crippen LogP contribution in [0.15, 0.2) is 28.7 Å². The normalized spacial score (nSPS) is 25.7. The van der Waals surface area contributed by atoms with Crippen molar-refractivity contribution in [3.05, 3.63) is 34.3 Å². The zero-order valence-corrected chi connectivity index (χ0v) is 17.1. The molecule has 1 aromatic carbocycles. The number of nitrogens with one attached hydrogen (secondary N) is 2. The number of piperidine rings is 1. The first-order valence-corrected chi connectivity index (χ1v) is 9.73. The molecule has 0 bridgehead atoms. The molecule has 1 aromatic rings. The molecular formula is C19H28BrClN2O2. The molecule has 4 nitrogen and oxygen atoms in total. The van der Waals surface area contributed by atoms with Crippen molar-refractivity contribution in [2.24, 2.45) is 5.92 Å². The fourth-order valence-electron chi connectivity index (χ4n) is 3.92. The number of carbonyl (C=O) groups excluding carboxylic acids is 1. The predicted octanol–water partition coefficient (Wildman–Crippen LogP) is 3.42. The molecule has 0 saturated carbocycles. The minimum absolute atomic E-state index is 0. The molecule has 2 aliphatic heterocycles. The molecule has 0 aliphatic carbocycles. The number of halogens is 2. The van der Waals surface area contributed by atoms with Gasteiger partial charge in [-0.05, 0) is 56.8 Å². The third-order valence-electron chi connectivity index (χ3n) is 5.48. The van der Waals surface area contributed by atoms with Crippen molar-refractivity contribution < 1.29 is 9.53 Å². The Morgan fingerprint density at radius 3 is 2.84 bits per heavy atom. The van der Waals surface area contributed by atoms with E-state index >= 15 is 0 Å². The van der Waals surface area contributed by atoms with Gasteiger partial charge < -0.3 is 15.4 Å². The van der Waals surface area contributed by atoms with Crippen molar-refractivity contribution in [3.8, 4) is 0 Å². The van der Waals surface area contributed by atoms with E-state index in [0.717, 1.165) is 49.9 Å². The van der Waals surface area contributed by atoms with Crippen LogP contribution in [0.2, 0.25) is 0 Å². The topological polar surface area (TPSA) is 50.4 Å². The van der Waals surface area contributed by atoms with Gasteiger partial charge in [-0.1, -0.05) is 28.1 Å². The van der Waals surface area contributed by atoms with Crippen molar-refractivity contribution in [3.63, 3.8) is 0 Å². The molecule has 1 amide bonds. The minimum Gasteiger partial charge on any atom is -0.381 e. The lowest BCUT2D eigenvalue weighted by Crippen LogP contribution is -2.48. The summed E-state index contributed by atoms with van der Waals surface area (Å²) in [5, 5.41) is 6.67. The lowest BCUT2D eigenvalue weighted by Gasteiger charge is -2.38. The second-order valence-electron chi connectivity index (χ2n) is 7.20. The molecule has 3 rings (SSSR count). The Balaban J connectivity index is 0.00000225. The largest absolute Gasteiger partial charge is 0.381 e. The first kappa shape index (κ1) is 20.7. The number of rotatable bonds is 4.